The molecule has 2 aliphatic rings. The molecule has 0 spiro atoms. The van der Waals surface area contributed by atoms with Crippen LogP contribution in [0.25, 0.3) is 0 Å². The lowest BCUT2D eigenvalue weighted by Gasteiger charge is -2.20. The topological polar surface area (TPSA) is 69.6 Å². The second kappa shape index (κ2) is 4.82. The lowest BCUT2D eigenvalue weighted by Crippen LogP contribution is -2.42. The molecule has 0 aromatic heterocycles. The molecule has 0 bridgehead atoms. The van der Waals surface area contributed by atoms with E-state index in [1.54, 1.807) is 0 Å². The molecule has 90 valence electrons. The third-order valence-electron chi connectivity index (χ3n) is 3.02. The van der Waals surface area contributed by atoms with E-state index in [2.05, 4.69) is 5.32 Å². The number of carbonyl (C=O) groups is 2. The average molecular weight is 226 g/mol. The Morgan fingerprint density at radius 1 is 1.25 bits per heavy atom. The fraction of sp³-hybridized carbons (Fsp3) is 0.818. The van der Waals surface area contributed by atoms with Crippen LogP contribution >= 0.6 is 0 Å². The summed E-state index contributed by atoms with van der Waals surface area (Å²) >= 11 is 0. The Morgan fingerprint density at radius 2 is 1.94 bits per heavy atom. The molecule has 0 radical (unpaired) electrons. The number of nitrogens with one attached hydrogen (secondary N) is 1. The van der Waals surface area contributed by atoms with Crippen molar-refractivity contribution in [2.75, 3.05) is 19.6 Å². The smallest absolute Gasteiger partial charge is 0.323 e. The number of carboxylic acid groups (broad SMARTS) is 1. The van der Waals surface area contributed by atoms with Crippen molar-refractivity contribution in [3.63, 3.8) is 0 Å². The van der Waals surface area contributed by atoms with Crippen LogP contribution in [0.1, 0.15) is 25.7 Å². The van der Waals surface area contributed by atoms with Crippen molar-refractivity contribution in [2.45, 2.75) is 31.7 Å². The molecule has 5 nitrogen and oxygen atoms in total. The normalized spacial score (nSPS) is 19.5. The summed E-state index contributed by atoms with van der Waals surface area (Å²) in [4.78, 5) is 23.9. The molecular formula is C11H18N2O3. The fourth-order valence-corrected chi connectivity index (χ4v) is 1.76. The van der Waals surface area contributed by atoms with Gasteiger partial charge < -0.3 is 15.3 Å². The zero-order valence-electron chi connectivity index (χ0n) is 9.32. The van der Waals surface area contributed by atoms with E-state index in [1.165, 1.54) is 17.7 Å². The number of carbonyl (C=O) groups excluding carboxylic acids is 1. The van der Waals surface area contributed by atoms with Gasteiger partial charge in [-0.3, -0.25) is 9.59 Å². The number of aliphatic carboxylic acids is 1. The molecule has 2 saturated carbocycles. The molecular weight excluding hydrogens is 208 g/mol. The van der Waals surface area contributed by atoms with Crippen LogP contribution in [0.15, 0.2) is 0 Å². The first-order valence-corrected chi connectivity index (χ1v) is 5.89. The largest absolute Gasteiger partial charge is 0.480 e. The van der Waals surface area contributed by atoms with Crippen molar-refractivity contribution in [1.82, 2.24) is 10.2 Å². The number of rotatable bonds is 7. The average Bonchev–Trinajstić information content (AvgIpc) is 3.06. The van der Waals surface area contributed by atoms with Gasteiger partial charge >= 0.3 is 5.97 Å². The number of carboxylic acids is 1. The summed E-state index contributed by atoms with van der Waals surface area (Å²) in [6, 6.07) is 0.173. The molecule has 0 saturated heterocycles. The Hall–Kier alpha value is -1.10. The highest BCUT2D eigenvalue weighted by Gasteiger charge is 2.33. The number of amides is 1. The van der Waals surface area contributed by atoms with Gasteiger partial charge in [0.1, 0.15) is 6.54 Å². The number of hydrogen-bond acceptors (Lipinski definition) is 3. The molecule has 1 amide bonds. The Labute approximate surface area is 94.8 Å². The summed E-state index contributed by atoms with van der Waals surface area (Å²) in [7, 11) is 0. The van der Waals surface area contributed by atoms with Crippen molar-refractivity contribution in [3.8, 4) is 0 Å². The van der Waals surface area contributed by atoms with Crippen LogP contribution in [0, 0.1) is 5.92 Å². The van der Waals surface area contributed by atoms with E-state index in [0.29, 0.717) is 0 Å². The van der Waals surface area contributed by atoms with Gasteiger partial charge in [0.15, 0.2) is 0 Å². The maximum Gasteiger partial charge on any atom is 0.323 e. The Kier molecular flexibility index (Phi) is 3.43. The molecule has 0 aliphatic heterocycles. The molecule has 16 heavy (non-hydrogen) atoms. The van der Waals surface area contributed by atoms with Crippen LogP contribution < -0.4 is 5.32 Å². The van der Waals surface area contributed by atoms with E-state index in [0.717, 1.165) is 25.3 Å². The molecule has 2 rings (SSSR count). The van der Waals surface area contributed by atoms with E-state index in [9.17, 15) is 9.59 Å². The lowest BCUT2D eigenvalue weighted by molar-refractivity contribution is -0.144. The van der Waals surface area contributed by atoms with Crippen molar-refractivity contribution in [2.24, 2.45) is 5.92 Å². The van der Waals surface area contributed by atoms with E-state index in [-0.39, 0.29) is 25.0 Å². The predicted molar refractivity (Wildman–Crippen MR) is 58.0 cm³/mol. The van der Waals surface area contributed by atoms with Crippen LogP contribution in [-0.4, -0.2) is 47.6 Å². The SMILES string of the molecule is O=C(O)CN(C(=O)CNCC1CC1)C1CC1. The predicted octanol–water partition coefficient (Wildman–Crippen LogP) is 0.0616. The summed E-state index contributed by atoms with van der Waals surface area (Å²) in [6.07, 6.45) is 4.40. The second-order valence-corrected chi connectivity index (χ2v) is 4.72. The first-order valence-electron chi connectivity index (χ1n) is 5.89. The third-order valence-corrected chi connectivity index (χ3v) is 3.02. The van der Waals surface area contributed by atoms with E-state index in [1.807, 2.05) is 0 Å². The van der Waals surface area contributed by atoms with Crippen LogP contribution in [0.5, 0.6) is 0 Å². The van der Waals surface area contributed by atoms with Crippen LogP contribution in [0.3, 0.4) is 0 Å². The van der Waals surface area contributed by atoms with Crippen molar-refractivity contribution < 1.29 is 14.7 Å². The minimum Gasteiger partial charge on any atom is -0.480 e. The third kappa shape index (κ3) is 3.48. The highest BCUT2D eigenvalue weighted by atomic mass is 16.4. The Morgan fingerprint density at radius 3 is 2.44 bits per heavy atom. The highest BCUT2D eigenvalue weighted by molar-refractivity contribution is 5.83. The summed E-state index contributed by atoms with van der Waals surface area (Å²) < 4.78 is 0. The zero-order valence-corrected chi connectivity index (χ0v) is 9.32. The van der Waals surface area contributed by atoms with Gasteiger partial charge in [-0.25, -0.2) is 0 Å². The standard InChI is InChI=1S/C11H18N2O3/c14-10(6-12-5-8-1-2-8)13(7-11(15)16)9-3-4-9/h8-9,12H,1-7H2,(H,15,16). The van der Waals surface area contributed by atoms with Gasteiger partial charge in [0.25, 0.3) is 0 Å². The summed E-state index contributed by atoms with van der Waals surface area (Å²) in [6.45, 7) is 1.01. The number of hydrogen-bond donors (Lipinski definition) is 2. The van der Waals surface area contributed by atoms with E-state index < -0.39 is 5.97 Å². The van der Waals surface area contributed by atoms with Crippen molar-refractivity contribution in [1.29, 1.82) is 0 Å². The number of nitrogens with zero attached hydrogens (tertiary/aromatic N) is 1. The summed E-state index contributed by atoms with van der Waals surface area (Å²) in [5, 5.41) is 11.8. The van der Waals surface area contributed by atoms with Crippen LogP contribution in [-0.2, 0) is 9.59 Å². The lowest BCUT2D eigenvalue weighted by atomic mass is 10.4. The molecule has 2 N–H and O–H groups in total. The van der Waals surface area contributed by atoms with Crippen LogP contribution in [0.2, 0.25) is 0 Å². The second-order valence-electron chi connectivity index (χ2n) is 4.72. The molecule has 0 aromatic carbocycles. The first-order chi connectivity index (χ1) is 7.66. The quantitative estimate of drug-likeness (QED) is 0.644. The summed E-state index contributed by atoms with van der Waals surface area (Å²) in [5.74, 6) is -0.269. The van der Waals surface area contributed by atoms with Crippen LogP contribution in [0.4, 0.5) is 0 Å². The van der Waals surface area contributed by atoms with Gasteiger partial charge in [0.2, 0.25) is 5.91 Å². The minimum absolute atomic E-state index is 0.0782. The van der Waals surface area contributed by atoms with Gasteiger partial charge in [-0.15, -0.1) is 0 Å². The monoisotopic (exact) mass is 226 g/mol. The van der Waals surface area contributed by atoms with Crippen molar-refractivity contribution >= 4 is 11.9 Å². The molecule has 0 atom stereocenters. The van der Waals surface area contributed by atoms with Gasteiger partial charge in [-0.1, -0.05) is 0 Å². The molecule has 5 heteroatoms. The molecule has 0 heterocycles. The minimum atomic E-state index is -0.928. The fourth-order valence-electron chi connectivity index (χ4n) is 1.76. The van der Waals surface area contributed by atoms with Crippen molar-refractivity contribution in [3.05, 3.63) is 0 Å². The van der Waals surface area contributed by atoms with Gasteiger partial charge in [0, 0.05) is 6.04 Å². The van der Waals surface area contributed by atoms with Gasteiger partial charge in [-0.05, 0) is 38.1 Å². The Bertz CT molecular complexity index is 285. The van der Waals surface area contributed by atoms with E-state index >= 15 is 0 Å². The molecule has 2 aliphatic carbocycles. The van der Waals surface area contributed by atoms with Gasteiger partial charge in [-0.2, -0.15) is 0 Å². The highest BCUT2D eigenvalue weighted by Crippen LogP contribution is 2.28. The Balaban J connectivity index is 1.72. The maximum absolute atomic E-state index is 11.8. The van der Waals surface area contributed by atoms with E-state index in [4.69, 9.17) is 5.11 Å². The first kappa shape index (κ1) is 11.4. The summed E-state index contributed by atoms with van der Waals surface area (Å²) in [5.41, 5.74) is 0. The van der Waals surface area contributed by atoms with Gasteiger partial charge in [0.05, 0.1) is 6.54 Å². The molecule has 2 fully saturated rings. The molecule has 0 unspecified atom stereocenters. The maximum atomic E-state index is 11.8. The molecule has 0 aromatic rings. The zero-order chi connectivity index (χ0) is 11.5.